The van der Waals surface area contributed by atoms with E-state index in [0.29, 0.717) is 10.8 Å². The van der Waals surface area contributed by atoms with Crippen molar-refractivity contribution in [2.75, 3.05) is 23.7 Å². The second kappa shape index (κ2) is 9.49. The Kier molecular flexibility index (Phi) is 7.57. The summed E-state index contributed by atoms with van der Waals surface area (Å²) in [5.74, 6) is 0.205. The van der Waals surface area contributed by atoms with Crippen molar-refractivity contribution >= 4 is 44.8 Å². The van der Waals surface area contributed by atoms with Gasteiger partial charge in [-0.25, -0.2) is 8.42 Å². The second-order valence-electron chi connectivity index (χ2n) is 6.46. The Morgan fingerprint density at radius 2 is 1.82 bits per heavy atom. The van der Waals surface area contributed by atoms with Crippen LogP contribution in [0.15, 0.2) is 42.5 Å². The number of amides is 1. The van der Waals surface area contributed by atoms with E-state index in [1.54, 1.807) is 13.0 Å². The van der Waals surface area contributed by atoms with E-state index in [1.807, 2.05) is 31.2 Å². The molecule has 1 amide bonds. The van der Waals surface area contributed by atoms with Gasteiger partial charge in [0.15, 0.2) is 0 Å². The van der Waals surface area contributed by atoms with Crippen LogP contribution in [0.5, 0.6) is 5.75 Å². The van der Waals surface area contributed by atoms with Gasteiger partial charge in [0.05, 0.1) is 23.0 Å². The lowest BCUT2D eigenvalue weighted by molar-refractivity contribution is -0.120. The lowest BCUT2D eigenvalue weighted by atomic mass is 10.2. The third-order valence-corrected chi connectivity index (χ3v) is 5.47. The average Bonchev–Trinajstić information content (AvgIpc) is 2.60. The first-order valence-electron chi connectivity index (χ1n) is 8.48. The summed E-state index contributed by atoms with van der Waals surface area (Å²) in [6, 6.07) is 11.6. The number of sulfonamides is 1. The predicted octanol–water partition coefficient (Wildman–Crippen LogP) is 3.65. The molecule has 1 N–H and O–H groups in total. The molecule has 0 aromatic heterocycles. The molecule has 2 aromatic rings. The molecule has 0 heterocycles. The zero-order valence-electron chi connectivity index (χ0n) is 15.8. The van der Waals surface area contributed by atoms with E-state index in [0.717, 1.165) is 16.1 Å². The summed E-state index contributed by atoms with van der Waals surface area (Å²) in [5.41, 5.74) is 1.27. The Labute approximate surface area is 175 Å². The highest BCUT2D eigenvalue weighted by Crippen LogP contribution is 2.30. The highest BCUT2D eigenvalue weighted by atomic mass is 35.5. The largest absolute Gasteiger partial charge is 0.491 e. The minimum absolute atomic E-state index is 0.148. The summed E-state index contributed by atoms with van der Waals surface area (Å²) >= 11 is 12.0. The first kappa shape index (κ1) is 22.3. The van der Waals surface area contributed by atoms with E-state index in [-0.39, 0.29) is 23.4 Å². The molecule has 0 saturated heterocycles. The van der Waals surface area contributed by atoms with Gasteiger partial charge < -0.3 is 10.1 Å². The van der Waals surface area contributed by atoms with Gasteiger partial charge in [0.2, 0.25) is 15.9 Å². The van der Waals surface area contributed by atoms with E-state index in [1.165, 1.54) is 12.1 Å². The molecule has 0 aliphatic rings. The molecule has 0 fully saturated rings. The van der Waals surface area contributed by atoms with Crippen molar-refractivity contribution in [3.63, 3.8) is 0 Å². The Morgan fingerprint density at radius 3 is 2.43 bits per heavy atom. The highest BCUT2D eigenvalue weighted by molar-refractivity contribution is 7.92. The van der Waals surface area contributed by atoms with Crippen LogP contribution in [0.3, 0.4) is 0 Å². The second-order valence-corrected chi connectivity index (χ2v) is 9.21. The fourth-order valence-electron chi connectivity index (χ4n) is 2.41. The number of hydrogen-bond acceptors (Lipinski definition) is 4. The van der Waals surface area contributed by atoms with Gasteiger partial charge in [-0.15, -0.1) is 0 Å². The number of nitrogens with zero attached hydrogens (tertiary/aromatic N) is 1. The first-order valence-corrected chi connectivity index (χ1v) is 11.1. The van der Waals surface area contributed by atoms with E-state index >= 15 is 0 Å². The van der Waals surface area contributed by atoms with Crippen LogP contribution in [-0.4, -0.2) is 39.8 Å². The molecular formula is C19H22Cl2N2O4S. The summed E-state index contributed by atoms with van der Waals surface area (Å²) < 4.78 is 30.9. The van der Waals surface area contributed by atoms with E-state index in [9.17, 15) is 13.2 Å². The number of halogens is 2. The van der Waals surface area contributed by atoms with Gasteiger partial charge in [-0.3, -0.25) is 9.10 Å². The van der Waals surface area contributed by atoms with Crippen LogP contribution in [-0.2, 0) is 14.8 Å². The van der Waals surface area contributed by atoms with Crippen LogP contribution in [0.1, 0.15) is 12.5 Å². The fourth-order valence-corrected chi connectivity index (χ4v) is 3.70. The summed E-state index contributed by atoms with van der Waals surface area (Å²) in [6.45, 7) is 3.56. The van der Waals surface area contributed by atoms with E-state index < -0.39 is 22.5 Å². The van der Waals surface area contributed by atoms with Crippen LogP contribution < -0.4 is 14.4 Å². The molecule has 0 radical (unpaired) electrons. The molecule has 28 heavy (non-hydrogen) atoms. The van der Waals surface area contributed by atoms with Crippen LogP contribution in [0.4, 0.5) is 5.69 Å². The maximum atomic E-state index is 12.4. The molecule has 0 bridgehead atoms. The monoisotopic (exact) mass is 444 g/mol. The normalized spacial score (nSPS) is 12.3. The third kappa shape index (κ3) is 6.58. The Balaban J connectivity index is 2.01. The molecule has 0 aliphatic carbocycles. The molecule has 0 unspecified atom stereocenters. The zero-order valence-corrected chi connectivity index (χ0v) is 18.1. The SMILES string of the molecule is Cc1ccc(OC[C@H](C)NC(=O)CN(c2cc(Cl)ccc2Cl)S(C)(=O)=O)cc1. The number of hydrogen-bond donors (Lipinski definition) is 1. The predicted molar refractivity (Wildman–Crippen MR) is 113 cm³/mol. The number of aryl methyl sites for hydroxylation is 1. The van der Waals surface area contributed by atoms with Crippen molar-refractivity contribution in [2.24, 2.45) is 0 Å². The summed E-state index contributed by atoms with van der Waals surface area (Å²) in [7, 11) is -3.75. The van der Waals surface area contributed by atoms with E-state index in [2.05, 4.69) is 5.32 Å². The molecule has 9 heteroatoms. The minimum atomic E-state index is -3.75. The van der Waals surface area contributed by atoms with Gasteiger partial charge in [-0.05, 0) is 44.2 Å². The third-order valence-electron chi connectivity index (χ3n) is 3.79. The molecule has 1 atom stereocenters. The smallest absolute Gasteiger partial charge is 0.241 e. The average molecular weight is 445 g/mol. The topological polar surface area (TPSA) is 75.7 Å². The number of nitrogens with one attached hydrogen (secondary N) is 1. The van der Waals surface area contributed by atoms with Gasteiger partial charge in [-0.2, -0.15) is 0 Å². The lowest BCUT2D eigenvalue weighted by Crippen LogP contribution is -2.45. The minimum Gasteiger partial charge on any atom is -0.491 e. The molecule has 152 valence electrons. The molecule has 0 aliphatic heterocycles. The standard InChI is InChI=1S/C19H22Cl2N2O4S/c1-13-4-7-16(8-5-13)27-12-14(2)22-19(24)11-23(28(3,25)26)18-10-15(20)6-9-17(18)21/h4-10,14H,11-12H2,1-3H3,(H,22,24)/t14-/m0/s1. The molecule has 2 rings (SSSR count). The van der Waals surface area contributed by atoms with Crippen molar-refractivity contribution in [2.45, 2.75) is 19.9 Å². The zero-order chi connectivity index (χ0) is 20.9. The van der Waals surface area contributed by atoms with Crippen molar-refractivity contribution in [3.8, 4) is 5.75 Å². The molecule has 2 aromatic carbocycles. The Hall–Kier alpha value is -1.96. The number of benzene rings is 2. The van der Waals surface area contributed by atoms with Crippen LogP contribution in [0.2, 0.25) is 10.0 Å². The number of rotatable bonds is 8. The molecule has 0 spiro atoms. The number of carbonyl (C=O) groups is 1. The number of ether oxygens (including phenoxy) is 1. The van der Waals surface area contributed by atoms with Crippen LogP contribution in [0, 0.1) is 6.92 Å². The highest BCUT2D eigenvalue weighted by Gasteiger charge is 2.24. The Morgan fingerprint density at radius 1 is 1.18 bits per heavy atom. The van der Waals surface area contributed by atoms with Crippen molar-refractivity contribution < 1.29 is 17.9 Å². The fraction of sp³-hybridized carbons (Fsp3) is 0.316. The molecule has 0 saturated carbocycles. The molecule has 6 nitrogen and oxygen atoms in total. The first-order chi connectivity index (χ1) is 13.1. The van der Waals surface area contributed by atoms with E-state index in [4.69, 9.17) is 27.9 Å². The van der Waals surface area contributed by atoms with Gasteiger partial charge >= 0.3 is 0 Å². The summed E-state index contributed by atoms with van der Waals surface area (Å²) in [4.78, 5) is 12.4. The molecular weight excluding hydrogens is 423 g/mol. The maximum absolute atomic E-state index is 12.4. The number of carbonyl (C=O) groups excluding carboxylic acids is 1. The maximum Gasteiger partial charge on any atom is 0.241 e. The van der Waals surface area contributed by atoms with Crippen LogP contribution >= 0.6 is 23.2 Å². The quantitative estimate of drug-likeness (QED) is 0.673. The van der Waals surface area contributed by atoms with Gasteiger partial charge in [0.1, 0.15) is 18.9 Å². The van der Waals surface area contributed by atoms with Crippen molar-refractivity contribution in [1.29, 1.82) is 0 Å². The number of anilines is 1. The van der Waals surface area contributed by atoms with Crippen molar-refractivity contribution in [3.05, 3.63) is 58.1 Å². The summed E-state index contributed by atoms with van der Waals surface area (Å²) in [6.07, 6.45) is 1.00. The Bertz CT molecular complexity index is 933. The lowest BCUT2D eigenvalue weighted by Gasteiger charge is -2.24. The summed E-state index contributed by atoms with van der Waals surface area (Å²) in [5, 5.41) is 3.21. The van der Waals surface area contributed by atoms with Gasteiger partial charge in [0, 0.05) is 5.02 Å². The van der Waals surface area contributed by atoms with Crippen LogP contribution in [0.25, 0.3) is 0 Å². The van der Waals surface area contributed by atoms with Gasteiger partial charge in [0.25, 0.3) is 0 Å². The van der Waals surface area contributed by atoms with Crippen molar-refractivity contribution in [1.82, 2.24) is 5.32 Å². The van der Waals surface area contributed by atoms with Gasteiger partial charge in [-0.1, -0.05) is 40.9 Å².